The molecule has 2 N–H and O–H groups in total. The Kier molecular flexibility index (Phi) is 6.39. The van der Waals surface area contributed by atoms with Crippen molar-refractivity contribution in [1.29, 1.82) is 0 Å². The summed E-state index contributed by atoms with van der Waals surface area (Å²) in [5.41, 5.74) is 2.54. The number of benzene rings is 2. The van der Waals surface area contributed by atoms with Crippen LogP contribution in [0.5, 0.6) is 11.5 Å². The summed E-state index contributed by atoms with van der Waals surface area (Å²) in [6, 6.07) is 12.7. The second-order valence-electron chi connectivity index (χ2n) is 5.59. The van der Waals surface area contributed by atoms with Crippen LogP contribution in [-0.4, -0.2) is 25.5 Å². The van der Waals surface area contributed by atoms with Gasteiger partial charge in [-0.15, -0.1) is 0 Å². The van der Waals surface area contributed by atoms with Gasteiger partial charge in [0.25, 0.3) is 5.91 Å². The monoisotopic (exact) mass is 342 g/mol. The van der Waals surface area contributed by atoms with Crippen LogP contribution in [0.2, 0.25) is 0 Å². The lowest BCUT2D eigenvalue weighted by Crippen LogP contribution is -2.28. The summed E-state index contributed by atoms with van der Waals surface area (Å²) in [5, 5.41) is 5.48. The number of nitrogens with one attached hydrogen (secondary N) is 2. The molecule has 6 heteroatoms. The molecule has 0 atom stereocenters. The van der Waals surface area contributed by atoms with Crippen molar-refractivity contribution in [3.63, 3.8) is 0 Å². The van der Waals surface area contributed by atoms with E-state index in [4.69, 9.17) is 9.47 Å². The van der Waals surface area contributed by atoms with E-state index in [1.54, 1.807) is 25.3 Å². The quantitative estimate of drug-likeness (QED) is 0.811. The van der Waals surface area contributed by atoms with Crippen molar-refractivity contribution in [3.05, 3.63) is 53.6 Å². The predicted octanol–water partition coefficient (Wildman–Crippen LogP) is 2.66. The van der Waals surface area contributed by atoms with Crippen molar-refractivity contribution in [2.24, 2.45) is 0 Å². The maximum absolute atomic E-state index is 12.0. The fraction of sp³-hybridized carbons (Fsp3) is 0.263. The maximum atomic E-state index is 12.0. The Balaban J connectivity index is 1.91. The number of carbonyl (C=O) groups excluding carboxylic acids is 2. The summed E-state index contributed by atoms with van der Waals surface area (Å²) in [4.78, 5) is 23.1. The van der Waals surface area contributed by atoms with Crippen molar-refractivity contribution in [2.45, 2.75) is 20.4 Å². The molecule has 0 radical (unpaired) electrons. The first kappa shape index (κ1) is 18.3. The minimum Gasteiger partial charge on any atom is -0.496 e. The molecule has 0 saturated carbocycles. The number of amides is 2. The van der Waals surface area contributed by atoms with Gasteiger partial charge in [-0.05, 0) is 37.3 Å². The Labute approximate surface area is 147 Å². The minimum atomic E-state index is -0.243. The topological polar surface area (TPSA) is 76.7 Å². The van der Waals surface area contributed by atoms with Gasteiger partial charge in [0.1, 0.15) is 11.5 Å². The number of methoxy groups -OCH3 is 1. The molecule has 0 aliphatic heterocycles. The number of anilines is 1. The molecule has 0 fully saturated rings. The molecule has 0 bridgehead atoms. The van der Waals surface area contributed by atoms with Crippen LogP contribution in [0.1, 0.15) is 18.1 Å². The highest BCUT2D eigenvalue weighted by Crippen LogP contribution is 2.22. The largest absolute Gasteiger partial charge is 0.496 e. The molecule has 2 aromatic carbocycles. The molecule has 2 rings (SSSR count). The molecule has 6 nitrogen and oxygen atoms in total. The van der Waals surface area contributed by atoms with Crippen LogP contribution in [0.4, 0.5) is 5.69 Å². The smallest absolute Gasteiger partial charge is 0.258 e. The van der Waals surface area contributed by atoms with Crippen molar-refractivity contribution in [2.75, 3.05) is 19.0 Å². The minimum absolute atomic E-state index is 0.0727. The lowest BCUT2D eigenvalue weighted by Gasteiger charge is -2.12. The summed E-state index contributed by atoms with van der Waals surface area (Å²) < 4.78 is 10.7. The van der Waals surface area contributed by atoms with Gasteiger partial charge in [0, 0.05) is 24.7 Å². The van der Waals surface area contributed by atoms with E-state index in [0.717, 1.165) is 11.1 Å². The lowest BCUT2D eigenvalue weighted by molar-refractivity contribution is -0.123. The van der Waals surface area contributed by atoms with E-state index in [2.05, 4.69) is 10.6 Å². The van der Waals surface area contributed by atoms with E-state index in [-0.39, 0.29) is 25.0 Å². The predicted molar refractivity (Wildman–Crippen MR) is 95.8 cm³/mol. The summed E-state index contributed by atoms with van der Waals surface area (Å²) in [6.45, 7) is 3.62. The molecular weight excluding hydrogens is 320 g/mol. The zero-order chi connectivity index (χ0) is 18.2. The average molecular weight is 342 g/mol. The first-order valence-corrected chi connectivity index (χ1v) is 7.88. The Morgan fingerprint density at radius 3 is 2.44 bits per heavy atom. The fourth-order valence-corrected chi connectivity index (χ4v) is 2.23. The summed E-state index contributed by atoms with van der Waals surface area (Å²) in [5.74, 6) is 0.874. The van der Waals surface area contributed by atoms with Crippen molar-refractivity contribution >= 4 is 17.5 Å². The normalized spacial score (nSPS) is 10.0. The zero-order valence-corrected chi connectivity index (χ0v) is 14.6. The van der Waals surface area contributed by atoms with Gasteiger partial charge >= 0.3 is 0 Å². The summed E-state index contributed by atoms with van der Waals surface area (Å²) in [7, 11) is 1.55. The highest BCUT2D eigenvalue weighted by Gasteiger charge is 2.08. The summed E-state index contributed by atoms with van der Waals surface area (Å²) >= 11 is 0. The average Bonchev–Trinajstić information content (AvgIpc) is 2.59. The first-order valence-electron chi connectivity index (χ1n) is 7.88. The molecule has 0 aliphatic carbocycles. The summed E-state index contributed by atoms with van der Waals surface area (Å²) in [6.07, 6.45) is 0. The molecule has 2 amide bonds. The third-order valence-electron chi connectivity index (χ3n) is 3.47. The number of hydrogen-bond donors (Lipinski definition) is 2. The first-order chi connectivity index (χ1) is 12.0. The van der Waals surface area contributed by atoms with E-state index in [0.29, 0.717) is 17.2 Å². The number of ether oxygens (including phenoxy) is 2. The number of hydrogen-bond acceptors (Lipinski definition) is 4. The van der Waals surface area contributed by atoms with Crippen LogP contribution in [0.15, 0.2) is 42.5 Å². The molecule has 0 aliphatic rings. The molecule has 0 unspecified atom stereocenters. The number of aryl methyl sites for hydroxylation is 1. The van der Waals surface area contributed by atoms with Crippen LogP contribution >= 0.6 is 0 Å². The van der Waals surface area contributed by atoms with Crippen molar-refractivity contribution in [1.82, 2.24) is 5.32 Å². The molecule has 0 spiro atoms. The van der Waals surface area contributed by atoms with Gasteiger partial charge < -0.3 is 20.1 Å². The van der Waals surface area contributed by atoms with E-state index in [1.807, 2.05) is 31.2 Å². The SMILES string of the molecule is COc1ccc(NC(C)=O)cc1CNC(=O)COc1ccc(C)cc1. The third-order valence-corrected chi connectivity index (χ3v) is 3.47. The zero-order valence-electron chi connectivity index (χ0n) is 14.6. The van der Waals surface area contributed by atoms with Gasteiger partial charge in [0.05, 0.1) is 7.11 Å². The molecule has 132 valence electrons. The van der Waals surface area contributed by atoms with Gasteiger partial charge in [-0.25, -0.2) is 0 Å². The molecule has 0 aromatic heterocycles. The molecule has 0 heterocycles. The number of rotatable bonds is 7. The van der Waals surface area contributed by atoms with Crippen LogP contribution in [0.25, 0.3) is 0 Å². The highest BCUT2D eigenvalue weighted by atomic mass is 16.5. The second kappa shape index (κ2) is 8.73. The van der Waals surface area contributed by atoms with Crippen molar-refractivity contribution < 1.29 is 19.1 Å². The molecule has 25 heavy (non-hydrogen) atoms. The van der Waals surface area contributed by atoms with Gasteiger partial charge in [-0.2, -0.15) is 0 Å². The van der Waals surface area contributed by atoms with E-state index < -0.39 is 0 Å². The van der Waals surface area contributed by atoms with Gasteiger partial charge in [-0.3, -0.25) is 9.59 Å². The van der Waals surface area contributed by atoms with Crippen LogP contribution in [0, 0.1) is 6.92 Å². The van der Waals surface area contributed by atoms with Crippen LogP contribution < -0.4 is 20.1 Å². The lowest BCUT2D eigenvalue weighted by atomic mass is 10.1. The number of carbonyl (C=O) groups is 2. The highest BCUT2D eigenvalue weighted by molar-refractivity contribution is 5.88. The Hall–Kier alpha value is -3.02. The van der Waals surface area contributed by atoms with E-state index in [1.165, 1.54) is 6.92 Å². The third kappa shape index (κ3) is 5.84. The van der Waals surface area contributed by atoms with Gasteiger partial charge in [0.15, 0.2) is 6.61 Å². The standard InChI is InChI=1S/C19H22N2O4/c1-13-4-7-17(8-5-13)25-12-19(23)20-11-15-10-16(21-14(2)22)6-9-18(15)24-3/h4-10H,11-12H2,1-3H3,(H,20,23)(H,21,22). The Morgan fingerprint density at radius 1 is 1.08 bits per heavy atom. The van der Waals surface area contributed by atoms with Gasteiger partial charge in [-0.1, -0.05) is 17.7 Å². The maximum Gasteiger partial charge on any atom is 0.258 e. The van der Waals surface area contributed by atoms with Gasteiger partial charge in [0.2, 0.25) is 5.91 Å². The van der Waals surface area contributed by atoms with Crippen molar-refractivity contribution in [3.8, 4) is 11.5 Å². The molecular formula is C19H22N2O4. The second-order valence-corrected chi connectivity index (χ2v) is 5.59. The van der Waals surface area contributed by atoms with E-state index in [9.17, 15) is 9.59 Å². The van der Waals surface area contributed by atoms with E-state index >= 15 is 0 Å². The molecule has 2 aromatic rings. The Morgan fingerprint density at radius 2 is 1.80 bits per heavy atom. The fourth-order valence-electron chi connectivity index (χ4n) is 2.23. The van der Waals surface area contributed by atoms with Crippen LogP contribution in [-0.2, 0) is 16.1 Å². The van der Waals surface area contributed by atoms with Crippen LogP contribution in [0.3, 0.4) is 0 Å². The molecule has 0 saturated heterocycles. The Bertz CT molecular complexity index is 742.